The Hall–Kier alpha value is -2.35. The molecule has 0 saturated heterocycles. The number of alkyl halides is 3. The van der Waals surface area contributed by atoms with E-state index in [4.69, 9.17) is 0 Å². The van der Waals surface area contributed by atoms with Gasteiger partial charge in [0.1, 0.15) is 5.82 Å². The van der Waals surface area contributed by atoms with Crippen LogP contribution in [0, 0.1) is 5.82 Å². The summed E-state index contributed by atoms with van der Waals surface area (Å²) in [5.74, 6) is -1.95. The zero-order valence-corrected chi connectivity index (χ0v) is 12.9. The maximum absolute atomic E-state index is 13.8. The van der Waals surface area contributed by atoms with Crippen LogP contribution in [0.1, 0.15) is 22.3 Å². The standard InChI is InChI=1S/C16H10F4N2OS/c17-12-4-2-1-3-11(12)13(24)9-5-7-10(8-6-9)14-21-15(23-22-14)16(18,19)20/h1-8,13,24H. The minimum Gasteiger partial charge on any atom is -0.329 e. The number of halogens is 4. The van der Waals surface area contributed by atoms with Gasteiger partial charge in [0.05, 0.1) is 5.25 Å². The van der Waals surface area contributed by atoms with E-state index < -0.39 is 17.3 Å². The van der Waals surface area contributed by atoms with Crippen LogP contribution < -0.4 is 0 Å². The Morgan fingerprint density at radius 2 is 1.67 bits per heavy atom. The Bertz CT molecular complexity index is 846. The fraction of sp³-hybridized carbons (Fsp3) is 0.125. The van der Waals surface area contributed by atoms with Gasteiger partial charge in [0.15, 0.2) is 0 Å². The van der Waals surface area contributed by atoms with Crippen molar-refractivity contribution in [1.29, 1.82) is 0 Å². The molecule has 0 aliphatic carbocycles. The highest BCUT2D eigenvalue weighted by molar-refractivity contribution is 7.80. The normalized spacial score (nSPS) is 13.0. The summed E-state index contributed by atoms with van der Waals surface area (Å²) in [5.41, 5.74) is 1.45. The number of benzene rings is 2. The molecule has 0 saturated carbocycles. The smallest absolute Gasteiger partial charge is 0.329 e. The van der Waals surface area contributed by atoms with Crippen molar-refractivity contribution in [3.63, 3.8) is 0 Å². The van der Waals surface area contributed by atoms with Gasteiger partial charge < -0.3 is 4.52 Å². The Morgan fingerprint density at radius 1 is 1.00 bits per heavy atom. The molecule has 0 aliphatic heterocycles. The largest absolute Gasteiger partial charge is 0.471 e. The Kier molecular flexibility index (Phi) is 4.31. The van der Waals surface area contributed by atoms with E-state index in [9.17, 15) is 17.6 Å². The predicted molar refractivity (Wildman–Crippen MR) is 82.0 cm³/mol. The maximum Gasteiger partial charge on any atom is 0.471 e. The van der Waals surface area contributed by atoms with Crippen LogP contribution in [0.25, 0.3) is 11.4 Å². The van der Waals surface area contributed by atoms with Crippen LogP contribution in [0.2, 0.25) is 0 Å². The third-order valence-electron chi connectivity index (χ3n) is 3.35. The van der Waals surface area contributed by atoms with Crippen LogP contribution in [0.5, 0.6) is 0 Å². The highest BCUT2D eigenvalue weighted by Gasteiger charge is 2.38. The highest BCUT2D eigenvalue weighted by atomic mass is 32.1. The van der Waals surface area contributed by atoms with Crippen LogP contribution in [-0.4, -0.2) is 10.1 Å². The summed E-state index contributed by atoms with van der Waals surface area (Å²) < 4.78 is 55.4. The molecule has 3 nitrogen and oxygen atoms in total. The lowest BCUT2D eigenvalue weighted by Crippen LogP contribution is -2.04. The first-order chi connectivity index (χ1) is 11.4. The van der Waals surface area contributed by atoms with Crippen LogP contribution in [0.15, 0.2) is 53.1 Å². The lowest BCUT2D eigenvalue weighted by Gasteiger charge is -2.12. The molecule has 1 heterocycles. The van der Waals surface area contributed by atoms with Crippen LogP contribution >= 0.6 is 12.6 Å². The van der Waals surface area contributed by atoms with Gasteiger partial charge in [-0.1, -0.05) is 47.6 Å². The topological polar surface area (TPSA) is 38.9 Å². The first-order valence-electron chi connectivity index (χ1n) is 6.80. The van der Waals surface area contributed by atoms with Crippen LogP contribution in [0.4, 0.5) is 17.6 Å². The van der Waals surface area contributed by atoms with E-state index >= 15 is 0 Å². The fourth-order valence-corrected chi connectivity index (χ4v) is 2.53. The number of hydrogen-bond acceptors (Lipinski definition) is 4. The molecular weight excluding hydrogens is 344 g/mol. The fourth-order valence-electron chi connectivity index (χ4n) is 2.15. The van der Waals surface area contributed by atoms with Gasteiger partial charge in [0.25, 0.3) is 0 Å². The van der Waals surface area contributed by atoms with E-state index in [0.717, 1.165) is 0 Å². The first-order valence-corrected chi connectivity index (χ1v) is 7.31. The molecule has 0 aliphatic rings. The molecular formula is C16H10F4N2OS. The Labute approximate surface area is 139 Å². The molecule has 8 heteroatoms. The van der Waals surface area contributed by atoms with E-state index in [-0.39, 0.29) is 11.6 Å². The van der Waals surface area contributed by atoms with Gasteiger partial charge in [-0.3, -0.25) is 0 Å². The summed E-state index contributed by atoms with van der Waals surface area (Å²) >= 11 is 4.40. The molecule has 2 aromatic carbocycles. The average Bonchev–Trinajstić information content (AvgIpc) is 3.05. The van der Waals surface area contributed by atoms with Gasteiger partial charge in [0, 0.05) is 11.1 Å². The molecule has 1 unspecified atom stereocenters. The molecule has 0 bridgehead atoms. The summed E-state index contributed by atoms with van der Waals surface area (Å²) in [5, 5.41) is 2.81. The van der Waals surface area contributed by atoms with Crippen LogP contribution in [-0.2, 0) is 6.18 Å². The van der Waals surface area contributed by atoms with E-state index in [0.29, 0.717) is 16.7 Å². The number of aromatic nitrogens is 2. The second-order valence-corrected chi connectivity index (χ2v) is 5.48. The lowest BCUT2D eigenvalue weighted by atomic mass is 10.0. The second kappa shape index (κ2) is 6.27. The molecule has 0 spiro atoms. The van der Waals surface area contributed by atoms with E-state index in [1.807, 2.05) is 0 Å². The van der Waals surface area contributed by atoms with Gasteiger partial charge in [-0.25, -0.2) is 4.39 Å². The number of hydrogen-bond donors (Lipinski definition) is 1. The third-order valence-corrected chi connectivity index (χ3v) is 3.93. The van der Waals surface area contributed by atoms with Crippen LogP contribution in [0.3, 0.4) is 0 Å². The predicted octanol–water partition coefficient (Wildman–Crippen LogP) is 4.91. The summed E-state index contributed by atoms with van der Waals surface area (Å²) in [7, 11) is 0. The average molecular weight is 354 g/mol. The van der Waals surface area contributed by atoms with Crippen molar-refractivity contribution in [1.82, 2.24) is 10.1 Å². The maximum atomic E-state index is 13.8. The summed E-state index contributed by atoms with van der Waals surface area (Å²) in [6.07, 6.45) is -4.69. The zero-order valence-electron chi connectivity index (χ0n) is 12.0. The zero-order chi connectivity index (χ0) is 17.3. The van der Waals surface area contributed by atoms with Crippen molar-refractivity contribution >= 4 is 12.6 Å². The molecule has 3 rings (SSSR count). The minimum absolute atomic E-state index is 0.171. The molecule has 1 atom stereocenters. The van der Waals surface area contributed by atoms with Crippen molar-refractivity contribution in [3.05, 3.63) is 71.4 Å². The van der Waals surface area contributed by atoms with Gasteiger partial charge in [-0.15, -0.1) is 0 Å². The molecule has 0 fully saturated rings. The van der Waals surface area contributed by atoms with E-state index in [1.165, 1.54) is 18.2 Å². The quantitative estimate of drug-likeness (QED) is 0.536. The molecule has 0 radical (unpaired) electrons. The monoisotopic (exact) mass is 354 g/mol. The van der Waals surface area contributed by atoms with Crippen molar-refractivity contribution < 1.29 is 22.1 Å². The first kappa shape index (κ1) is 16.5. The molecule has 0 N–H and O–H groups in total. The van der Waals surface area contributed by atoms with Gasteiger partial charge in [-0.05, 0) is 11.6 Å². The number of thiol groups is 1. The van der Waals surface area contributed by atoms with Gasteiger partial charge in [0.2, 0.25) is 5.82 Å². The summed E-state index contributed by atoms with van der Waals surface area (Å²) in [6.45, 7) is 0. The van der Waals surface area contributed by atoms with Crippen molar-refractivity contribution in [2.75, 3.05) is 0 Å². The van der Waals surface area contributed by atoms with Gasteiger partial charge >= 0.3 is 12.1 Å². The highest BCUT2D eigenvalue weighted by Crippen LogP contribution is 2.32. The number of nitrogens with zero attached hydrogens (tertiary/aromatic N) is 2. The number of rotatable bonds is 3. The van der Waals surface area contributed by atoms with Crippen molar-refractivity contribution in [2.24, 2.45) is 0 Å². The van der Waals surface area contributed by atoms with E-state index in [2.05, 4.69) is 27.3 Å². The molecule has 3 aromatic rings. The molecule has 24 heavy (non-hydrogen) atoms. The molecule has 1 aromatic heterocycles. The van der Waals surface area contributed by atoms with Gasteiger partial charge in [-0.2, -0.15) is 30.8 Å². The Balaban J connectivity index is 1.86. The summed E-state index contributed by atoms with van der Waals surface area (Å²) in [4.78, 5) is 3.32. The second-order valence-electron chi connectivity index (χ2n) is 4.97. The Morgan fingerprint density at radius 3 is 2.25 bits per heavy atom. The SMILES string of the molecule is Fc1ccccc1C(S)c1ccc(-c2noc(C(F)(F)F)n2)cc1. The van der Waals surface area contributed by atoms with Crippen molar-refractivity contribution in [2.45, 2.75) is 11.4 Å². The molecule has 124 valence electrons. The van der Waals surface area contributed by atoms with E-state index in [1.54, 1.807) is 30.3 Å². The minimum atomic E-state index is -4.69. The van der Waals surface area contributed by atoms with Crippen molar-refractivity contribution in [3.8, 4) is 11.4 Å². The lowest BCUT2D eigenvalue weighted by molar-refractivity contribution is -0.159. The molecule has 0 amide bonds. The third kappa shape index (κ3) is 3.28. The summed E-state index contributed by atoms with van der Waals surface area (Å²) in [6, 6.07) is 12.6.